The molecule has 0 aromatic heterocycles. The van der Waals surface area contributed by atoms with Gasteiger partial charge in [-0.15, -0.1) is 23.2 Å². The summed E-state index contributed by atoms with van der Waals surface area (Å²) in [5.41, 5.74) is 0.888. The third kappa shape index (κ3) is 4.31. The van der Waals surface area contributed by atoms with E-state index < -0.39 is 0 Å². The van der Waals surface area contributed by atoms with Gasteiger partial charge in [0.2, 0.25) is 0 Å². The standard InChI is InChI=1S/C14H19Cl3O/c1-2-8-18-9-7-14(10-15,11-16)12-3-5-13(17)6-4-12/h3-6H,2,7-11H2,1H3. The molecule has 1 aromatic carbocycles. The molecule has 18 heavy (non-hydrogen) atoms. The smallest absolute Gasteiger partial charge is 0.0475 e. The third-order valence-electron chi connectivity index (χ3n) is 3.04. The molecular weight excluding hydrogens is 291 g/mol. The van der Waals surface area contributed by atoms with Crippen LogP contribution in [-0.2, 0) is 10.2 Å². The molecule has 0 saturated heterocycles. The zero-order valence-corrected chi connectivity index (χ0v) is 12.9. The Morgan fingerprint density at radius 3 is 2.17 bits per heavy atom. The summed E-state index contributed by atoms with van der Waals surface area (Å²) in [7, 11) is 0. The molecule has 0 unspecified atom stereocenters. The van der Waals surface area contributed by atoms with Gasteiger partial charge in [0, 0.05) is 35.4 Å². The second kappa shape index (κ2) is 8.27. The minimum absolute atomic E-state index is 0.235. The first kappa shape index (κ1) is 16.1. The highest BCUT2D eigenvalue weighted by atomic mass is 35.5. The molecule has 0 amide bonds. The maximum Gasteiger partial charge on any atom is 0.0475 e. The molecule has 1 aromatic rings. The van der Waals surface area contributed by atoms with Gasteiger partial charge in [0.15, 0.2) is 0 Å². The van der Waals surface area contributed by atoms with Crippen molar-refractivity contribution in [2.45, 2.75) is 25.2 Å². The van der Waals surface area contributed by atoms with E-state index in [0.717, 1.165) is 30.0 Å². The van der Waals surface area contributed by atoms with Crippen LogP contribution in [0.5, 0.6) is 0 Å². The van der Waals surface area contributed by atoms with Crippen LogP contribution in [0.25, 0.3) is 0 Å². The lowest BCUT2D eigenvalue weighted by atomic mass is 9.81. The second-order valence-electron chi connectivity index (χ2n) is 4.42. The van der Waals surface area contributed by atoms with Crippen LogP contribution < -0.4 is 0 Å². The van der Waals surface area contributed by atoms with Gasteiger partial charge in [-0.2, -0.15) is 0 Å². The normalized spacial score (nSPS) is 11.8. The third-order valence-corrected chi connectivity index (χ3v) is 4.32. The van der Waals surface area contributed by atoms with Crippen LogP contribution in [0.3, 0.4) is 0 Å². The average molecular weight is 310 g/mol. The van der Waals surface area contributed by atoms with Gasteiger partial charge in [-0.25, -0.2) is 0 Å². The van der Waals surface area contributed by atoms with E-state index in [0.29, 0.717) is 18.4 Å². The number of hydrogen-bond acceptors (Lipinski definition) is 1. The lowest BCUT2D eigenvalue weighted by molar-refractivity contribution is 0.119. The maximum atomic E-state index is 6.14. The fraction of sp³-hybridized carbons (Fsp3) is 0.571. The van der Waals surface area contributed by atoms with Crippen LogP contribution in [0, 0.1) is 0 Å². The topological polar surface area (TPSA) is 9.23 Å². The Kier molecular flexibility index (Phi) is 7.40. The number of alkyl halides is 2. The molecule has 0 bridgehead atoms. The Bertz CT molecular complexity index is 333. The molecule has 0 saturated carbocycles. The van der Waals surface area contributed by atoms with E-state index in [1.54, 1.807) is 0 Å². The Labute approximate surface area is 124 Å². The van der Waals surface area contributed by atoms with Gasteiger partial charge in [-0.1, -0.05) is 30.7 Å². The zero-order chi connectivity index (χ0) is 13.4. The molecule has 0 spiro atoms. The van der Waals surface area contributed by atoms with Gasteiger partial charge in [0.05, 0.1) is 0 Å². The number of benzene rings is 1. The molecule has 0 fully saturated rings. The monoisotopic (exact) mass is 308 g/mol. The van der Waals surface area contributed by atoms with E-state index in [-0.39, 0.29) is 5.41 Å². The minimum atomic E-state index is -0.235. The number of rotatable bonds is 8. The Morgan fingerprint density at radius 2 is 1.67 bits per heavy atom. The Balaban J connectivity index is 2.75. The van der Waals surface area contributed by atoms with Crippen LogP contribution in [-0.4, -0.2) is 25.0 Å². The van der Waals surface area contributed by atoms with Gasteiger partial charge >= 0.3 is 0 Å². The van der Waals surface area contributed by atoms with E-state index in [1.165, 1.54) is 0 Å². The molecule has 0 N–H and O–H groups in total. The molecule has 1 rings (SSSR count). The molecule has 0 radical (unpaired) electrons. The summed E-state index contributed by atoms with van der Waals surface area (Å²) in [6, 6.07) is 7.73. The molecule has 4 heteroatoms. The van der Waals surface area contributed by atoms with Gasteiger partial charge in [-0.3, -0.25) is 0 Å². The van der Waals surface area contributed by atoms with Gasteiger partial charge in [0.25, 0.3) is 0 Å². The summed E-state index contributed by atoms with van der Waals surface area (Å²) in [6.07, 6.45) is 1.84. The van der Waals surface area contributed by atoms with E-state index in [9.17, 15) is 0 Å². The van der Waals surface area contributed by atoms with Crippen molar-refractivity contribution in [3.05, 3.63) is 34.9 Å². The molecule has 102 valence electrons. The highest BCUT2D eigenvalue weighted by Gasteiger charge is 2.30. The van der Waals surface area contributed by atoms with Crippen LogP contribution >= 0.6 is 34.8 Å². The van der Waals surface area contributed by atoms with E-state index >= 15 is 0 Å². The summed E-state index contributed by atoms with van der Waals surface area (Å²) in [6.45, 7) is 3.55. The average Bonchev–Trinajstić information content (AvgIpc) is 2.41. The molecule has 0 heterocycles. The molecule has 0 aliphatic carbocycles. The summed E-state index contributed by atoms with van der Waals surface area (Å²) >= 11 is 18.2. The predicted octanol–water partition coefficient (Wildman–Crippen LogP) is 4.87. The fourth-order valence-corrected chi connectivity index (χ4v) is 2.77. The highest BCUT2D eigenvalue weighted by Crippen LogP contribution is 2.32. The van der Waals surface area contributed by atoms with Crippen LogP contribution in [0.15, 0.2) is 24.3 Å². The van der Waals surface area contributed by atoms with Crippen molar-refractivity contribution in [1.29, 1.82) is 0 Å². The van der Waals surface area contributed by atoms with E-state index in [4.69, 9.17) is 39.5 Å². The minimum Gasteiger partial charge on any atom is -0.381 e. The maximum absolute atomic E-state index is 6.14. The summed E-state index contributed by atoms with van der Waals surface area (Å²) in [4.78, 5) is 0. The van der Waals surface area contributed by atoms with Gasteiger partial charge in [0.1, 0.15) is 0 Å². The summed E-state index contributed by atoms with van der Waals surface area (Å²) in [5, 5.41) is 0.721. The molecular formula is C14H19Cl3O. The van der Waals surface area contributed by atoms with Crippen LogP contribution in [0.2, 0.25) is 5.02 Å². The van der Waals surface area contributed by atoms with Crippen LogP contribution in [0.4, 0.5) is 0 Å². The molecule has 1 nitrogen and oxygen atoms in total. The van der Waals surface area contributed by atoms with Crippen molar-refractivity contribution < 1.29 is 4.74 Å². The first-order valence-corrected chi connectivity index (χ1v) is 7.59. The van der Waals surface area contributed by atoms with Crippen molar-refractivity contribution in [3.8, 4) is 0 Å². The Hall–Kier alpha value is 0.0500. The van der Waals surface area contributed by atoms with E-state index in [2.05, 4.69) is 6.92 Å². The number of ether oxygens (including phenoxy) is 1. The first-order valence-electron chi connectivity index (χ1n) is 6.14. The van der Waals surface area contributed by atoms with Crippen molar-refractivity contribution >= 4 is 34.8 Å². The number of hydrogen-bond donors (Lipinski definition) is 0. The van der Waals surface area contributed by atoms with Crippen molar-refractivity contribution in [1.82, 2.24) is 0 Å². The zero-order valence-electron chi connectivity index (χ0n) is 10.6. The van der Waals surface area contributed by atoms with E-state index in [1.807, 2.05) is 24.3 Å². The largest absolute Gasteiger partial charge is 0.381 e. The quantitative estimate of drug-likeness (QED) is 0.491. The number of halogens is 3. The first-order chi connectivity index (χ1) is 8.68. The predicted molar refractivity (Wildman–Crippen MR) is 80.3 cm³/mol. The van der Waals surface area contributed by atoms with Gasteiger partial charge < -0.3 is 4.74 Å². The fourth-order valence-electron chi connectivity index (χ4n) is 1.79. The highest BCUT2D eigenvalue weighted by molar-refractivity contribution is 6.30. The Morgan fingerprint density at radius 1 is 1.06 bits per heavy atom. The van der Waals surface area contributed by atoms with Crippen molar-refractivity contribution in [2.24, 2.45) is 0 Å². The van der Waals surface area contributed by atoms with Crippen molar-refractivity contribution in [3.63, 3.8) is 0 Å². The SMILES string of the molecule is CCCOCCC(CCl)(CCl)c1ccc(Cl)cc1. The molecule has 0 atom stereocenters. The molecule has 0 aliphatic rings. The summed E-state index contributed by atoms with van der Waals surface area (Å²) in [5.74, 6) is 0.960. The van der Waals surface area contributed by atoms with Crippen molar-refractivity contribution in [2.75, 3.05) is 25.0 Å². The van der Waals surface area contributed by atoms with Crippen LogP contribution in [0.1, 0.15) is 25.3 Å². The second-order valence-corrected chi connectivity index (χ2v) is 5.39. The van der Waals surface area contributed by atoms with Gasteiger partial charge in [-0.05, 0) is 30.5 Å². The summed E-state index contributed by atoms with van der Waals surface area (Å²) < 4.78 is 5.54. The molecule has 0 aliphatic heterocycles. The lowest BCUT2D eigenvalue weighted by Crippen LogP contribution is -2.32. The lowest BCUT2D eigenvalue weighted by Gasteiger charge is -2.30.